The summed E-state index contributed by atoms with van der Waals surface area (Å²) in [7, 11) is 0. The van der Waals surface area contributed by atoms with Crippen molar-refractivity contribution in [2.24, 2.45) is 5.92 Å². The van der Waals surface area contributed by atoms with Crippen molar-refractivity contribution in [1.82, 2.24) is 15.6 Å². The first-order chi connectivity index (χ1) is 16.5. The smallest absolute Gasteiger partial charge is 0.255 e. The van der Waals surface area contributed by atoms with Crippen LogP contribution in [0.2, 0.25) is 0 Å². The van der Waals surface area contributed by atoms with Gasteiger partial charge < -0.3 is 19.8 Å². The normalized spacial score (nSPS) is 12.0. The summed E-state index contributed by atoms with van der Waals surface area (Å²) in [6, 6.07) is 17.9. The molecule has 0 aliphatic carbocycles. The third-order valence-electron chi connectivity index (χ3n) is 5.27. The summed E-state index contributed by atoms with van der Waals surface area (Å²) in [4.78, 5) is 30.4. The first kappa shape index (κ1) is 23.5. The fraction of sp³-hybridized carbons (Fsp3) is 0.269. The van der Waals surface area contributed by atoms with Crippen LogP contribution in [0.25, 0.3) is 21.0 Å². The summed E-state index contributed by atoms with van der Waals surface area (Å²) >= 11 is 1.56. The quantitative estimate of drug-likeness (QED) is 0.353. The Labute approximate surface area is 202 Å². The van der Waals surface area contributed by atoms with Gasteiger partial charge in [-0.2, -0.15) is 0 Å². The summed E-state index contributed by atoms with van der Waals surface area (Å²) in [6.45, 7) is 6.28. The van der Waals surface area contributed by atoms with E-state index in [1.807, 2.05) is 57.2 Å². The Balaban J connectivity index is 1.40. The van der Waals surface area contributed by atoms with E-state index < -0.39 is 6.04 Å². The zero-order valence-electron chi connectivity index (χ0n) is 19.3. The van der Waals surface area contributed by atoms with E-state index >= 15 is 0 Å². The summed E-state index contributed by atoms with van der Waals surface area (Å²) in [5.41, 5.74) is 1.32. The fourth-order valence-corrected chi connectivity index (χ4v) is 4.47. The van der Waals surface area contributed by atoms with Crippen LogP contribution in [0.15, 0.2) is 65.1 Å². The average Bonchev–Trinajstić information content (AvgIpc) is 3.48. The molecule has 0 fully saturated rings. The number of fused-ring (bicyclic) bond motifs is 1. The summed E-state index contributed by atoms with van der Waals surface area (Å²) < 4.78 is 12.5. The first-order valence-electron chi connectivity index (χ1n) is 11.2. The van der Waals surface area contributed by atoms with Crippen LogP contribution in [0.4, 0.5) is 0 Å². The Morgan fingerprint density at radius 1 is 1.06 bits per heavy atom. The second-order valence-electron chi connectivity index (χ2n) is 8.09. The van der Waals surface area contributed by atoms with Crippen molar-refractivity contribution in [2.75, 3.05) is 6.61 Å². The Morgan fingerprint density at radius 3 is 2.59 bits per heavy atom. The lowest BCUT2D eigenvalue weighted by Gasteiger charge is -2.22. The van der Waals surface area contributed by atoms with Crippen LogP contribution in [0.3, 0.4) is 0 Å². The largest absolute Gasteiger partial charge is 0.493 e. The first-order valence-corrected chi connectivity index (χ1v) is 12.0. The molecule has 2 N–H and O–H groups in total. The number of carbonyl (C=O) groups is 2. The van der Waals surface area contributed by atoms with E-state index in [-0.39, 0.29) is 24.3 Å². The maximum atomic E-state index is 12.9. The molecule has 8 heteroatoms. The van der Waals surface area contributed by atoms with Gasteiger partial charge in [0.25, 0.3) is 5.91 Å². The summed E-state index contributed by atoms with van der Waals surface area (Å²) in [6.07, 6.45) is 0. The molecule has 1 atom stereocenters. The lowest BCUT2D eigenvalue weighted by Crippen LogP contribution is -2.49. The van der Waals surface area contributed by atoms with Crippen LogP contribution in [0.1, 0.15) is 36.9 Å². The molecular formula is C26H27N3O4S. The van der Waals surface area contributed by atoms with E-state index in [1.165, 1.54) is 0 Å². The molecule has 2 aromatic carbocycles. The van der Waals surface area contributed by atoms with Gasteiger partial charge in [-0.3, -0.25) is 9.59 Å². The fourth-order valence-electron chi connectivity index (χ4n) is 3.54. The zero-order valence-corrected chi connectivity index (χ0v) is 20.1. The van der Waals surface area contributed by atoms with Crippen LogP contribution < -0.4 is 15.4 Å². The average molecular weight is 478 g/mol. The summed E-state index contributed by atoms with van der Waals surface area (Å²) in [5, 5.41) is 6.51. The number of furan rings is 1. The van der Waals surface area contributed by atoms with Crippen molar-refractivity contribution < 1.29 is 18.7 Å². The molecule has 1 unspecified atom stereocenters. The molecule has 0 spiro atoms. The number of para-hydroxylation sites is 2. The van der Waals surface area contributed by atoms with E-state index in [4.69, 9.17) is 9.15 Å². The topological polar surface area (TPSA) is 93.5 Å². The molecule has 0 aliphatic heterocycles. The predicted molar refractivity (Wildman–Crippen MR) is 133 cm³/mol. The van der Waals surface area contributed by atoms with Gasteiger partial charge in [0.2, 0.25) is 5.91 Å². The number of thiazole rings is 1. The molecule has 4 aromatic rings. The number of rotatable bonds is 9. The zero-order chi connectivity index (χ0) is 24.1. The van der Waals surface area contributed by atoms with Crippen molar-refractivity contribution in [3.8, 4) is 16.5 Å². The van der Waals surface area contributed by atoms with Gasteiger partial charge in [-0.05, 0) is 49.2 Å². The van der Waals surface area contributed by atoms with Gasteiger partial charge in [-0.1, -0.05) is 38.1 Å². The van der Waals surface area contributed by atoms with Crippen LogP contribution in [-0.2, 0) is 11.3 Å². The Morgan fingerprint density at radius 2 is 1.82 bits per heavy atom. The third-order valence-corrected chi connectivity index (χ3v) is 6.32. The number of nitrogens with one attached hydrogen (secondary N) is 2. The second-order valence-corrected chi connectivity index (χ2v) is 9.13. The molecule has 7 nitrogen and oxygen atoms in total. The minimum atomic E-state index is -0.708. The van der Waals surface area contributed by atoms with E-state index in [2.05, 4.69) is 15.6 Å². The minimum absolute atomic E-state index is 0.113. The molecule has 0 bridgehead atoms. The van der Waals surface area contributed by atoms with Gasteiger partial charge in [0.15, 0.2) is 10.8 Å². The van der Waals surface area contributed by atoms with Crippen molar-refractivity contribution in [3.63, 3.8) is 0 Å². The number of amides is 2. The highest BCUT2D eigenvalue weighted by atomic mass is 32.1. The highest BCUT2D eigenvalue weighted by Gasteiger charge is 2.26. The van der Waals surface area contributed by atoms with Crippen molar-refractivity contribution in [1.29, 1.82) is 0 Å². The Hall–Kier alpha value is -3.65. The minimum Gasteiger partial charge on any atom is -0.493 e. The third kappa shape index (κ3) is 5.28. The molecule has 2 heterocycles. The van der Waals surface area contributed by atoms with E-state index in [0.29, 0.717) is 29.4 Å². The van der Waals surface area contributed by atoms with Crippen LogP contribution in [0.5, 0.6) is 5.75 Å². The van der Waals surface area contributed by atoms with Crippen LogP contribution in [-0.4, -0.2) is 29.4 Å². The van der Waals surface area contributed by atoms with Crippen molar-refractivity contribution >= 4 is 33.4 Å². The van der Waals surface area contributed by atoms with Crippen LogP contribution in [0, 0.1) is 5.92 Å². The lowest BCUT2D eigenvalue weighted by molar-refractivity contribution is -0.124. The van der Waals surface area contributed by atoms with Gasteiger partial charge in [0, 0.05) is 0 Å². The van der Waals surface area contributed by atoms with Crippen LogP contribution >= 0.6 is 11.3 Å². The molecule has 0 radical (unpaired) electrons. The number of ether oxygens (including phenoxy) is 1. The second kappa shape index (κ2) is 10.5. The lowest BCUT2D eigenvalue weighted by atomic mass is 10.0. The number of hydrogen-bond acceptors (Lipinski definition) is 6. The molecule has 0 saturated heterocycles. The highest BCUT2D eigenvalue weighted by Crippen LogP contribution is 2.31. The van der Waals surface area contributed by atoms with Gasteiger partial charge in [-0.15, -0.1) is 11.3 Å². The SMILES string of the molecule is CCOc1ccccc1C(=O)NC(C(=O)NCc1ccc(-c2nc3ccccc3s2)o1)C(C)C. The molecule has 34 heavy (non-hydrogen) atoms. The van der Waals surface area contributed by atoms with Gasteiger partial charge >= 0.3 is 0 Å². The molecule has 4 rings (SSSR count). The predicted octanol–water partition coefficient (Wildman–Crippen LogP) is 5.03. The molecule has 2 amide bonds. The van der Waals surface area contributed by atoms with E-state index in [9.17, 15) is 9.59 Å². The number of aromatic nitrogens is 1. The number of nitrogens with zero attached hydrogens (tertiary/aromatic N) is 1. The molecule has 0 aliphatic rings. The standard InChI is InChI=1S/C26H27N3O4S/c1-4-32-20-11-7-5-9-18(20)24(30)29-23(16(2)3)25(31)27-15-17-13-14-21(33-17)26-28-19-10-6-8-12-22(19)34-26/h5-14,16,23H,4,15H2,1-3H3,(H,27,31)(H,29,30). The molecule has 2 aromatic heterocycles. The molecule has 0 saturated carbocycles. The maximum Gasteiger partial charge on any atom is 0.255 e. The maximum absolute atomic E-state index is 12.9. The number of hydrogen-bond donors (Lipinski definition) is 2. The Kier molecular flexibility index (Phi) is 7.27. The van der Waals surface area contributed by atoms with Gasteiger partial charge in [0.05, 0.1) is 28.9 Å². The van der Waals surface area contributed by atoms with Crippen molar-refractivity contribution in [3.05, 3.63) is 72.0 Å². The monoisotopic (exact) mass is 477 g/mol. The molecular weight excluding hydrogens is 450 g/mol. The molecule has 176 valence electrons. The number of carbonyl (C=O) groups excluding carboxylic acids is 2. The van der Waals surface area contributed by atoms with E-state index in [0.717, 1.165) is 15.2 Å². The Bertz CT molecular complexity index is 1260. The van der Waals surface area contributed by atoms with Gasteiger partial charge in [-0.25, -0.2) is 4.98 Å². The van der Waals surface area contributed by atoms with Crippen molar-refractivity contribution in [2.45, 2.75) is 33.4 Å². The number of benzene rings is 2. The summed E-state index contributed by atoms with van der Waals surface area (Å²) in [5.74, 6) is 1.01. The van der Waals surface area contributed by atoms with E-state index in [1.54, 1.807) is 35.6 Å². The highest BCUT2D eigenvalue weighted by molar-refractivity contribution is 7.21. The van der Waals surface area contributed by atoms with Gasteiger partial charge in [0.1, 0.15) is 17.6 Å².